The molecule has 0 aliphatic heterocycles. The predicted octanol–water partition coefficient (Wildman–Crippen LogP) is -1.85. The van der Waals surface area contributed by atoms with Crippen LogP contribution in [0.15, 0.2) is 23.8 Å². The zero-order valence-corrected chi connectivity index (χ0v) is 12.7. The van der Waals surface area contributed by atoms with Crippen molar-refractivity contribution < 1.29 is 28.8 Å². The summed E-state index contributed by atoms with van der Waals surface area (Å²) in [5.74, 6) is 8.08. The van der Waals surface area contributed by atoms with Crippen molar-refractivity contribution in [2.24, 2.45) is 11.8 Å². The Morgan fingerprint density at radius 2 is 1.74 bits per heavy atom. The van der Waals surface area contributed by atoms with Crippen LogP contribution in [0.5, 0.6) is 0 Å². The minimum Gasteiger partial charge on any atom is -0.462 e. The number of nitrogens with two attached hydrogens (primary N) is 2. The van der Waals surface area contributed by atoms with Crippen LogP contribution in [0.1, 0.15) is 13.3 Å². The first-order chi connectivity index (χ1) is 11.0. The maximum absolute atomic E-state index is 11.7. The normalized spacial score (nSPS) is 15.5. The summed E-state index contributed by atoms with van der Waals surface area (Å²) in [5.41, 5.74) is -0.933. The van der Waals surface area contributed by atoms with Crippen molar-refractivity contribution in [2.45, 2.75) is 19.0 Å². The molecule has 0 unspecified atom stereocenters. The highest BCUT2D eigenvalue weighted by atomic mass is 16.6. The molecule has 1 aliphatic rings. The van der Waals surface area contributed by atoms with Gasteiger partial charge in [0.05, 0.1) is 12.2 Å². The topological polar surface area (TPSA) is 155 Å². The second-order valence-electron chi connectivity index (χ2n) is 4.61. The Bertz CT molecular complexity index is 497. The highest BCUT2D eigenvalue weighted by molar-refractivity contribution is 5.92. The number of carbonyl (C=O) groups excluding carboxylic acids is 3. The molecule has 0 aromatic heterocycles. The van der Waals surface area contributed by atoms with Gasteiger partial charge in [-0.2, -0.15) is 0 Å². The van der Waals surface area contributed by atoms with Gasteiger partial charge in [0.25, 0.3) is 0 Å². The van der Waals surface area contributed by atoms with E-state index < -0.39 is 36.7 Å². The van der Waals surface area contributed by atoms with Crippen LogP contribution in [0.25, 0.3) is 0 Å². The molecule has 0 fully saturated rings. The Balaban J connectivity index is 2.87. The Labute approximate surface area is 132 Å². The van der Waals surface area contributed by atoms with Crippen LogP contribution >= 0.6 is 0 Å². The summed E-state index contributed by atoms with van der Waals surface area (Å²) in [7, 11) is 0. The second-order valence-corrected chi connectivity index (χ2v) is 4.61. The third-order valence-electron chi connectivity index (χ3n) is 2.86. The summed E-state index contributed by atoms with van der Waals surface area (Å²) in [5, 5.41) is 5.12. The molecular weight excluding hydrogens is 308 g/mol. The molecule has 0 heterocycles. The highest BCUT2D eigenvalue weighted by Crippen LogP contribution is 2.20. The molecule has 10 nitrogen and oxygen atoms in total. The number of amides is 2. The van der Waals surface area contributed by atoms with Crippen LogP contribution in [0.2, 0.25) is 0 Å². The van der Waals surface area contributed by atoms with Crippen molar-refractivity contribution in [1.29, 1.82) is 0 Å². The highest BCUT2D eigenvalue weighted by Gasteiger charge is 2.33. The van der Waals surface area contributed by atoms with E-state index in [-0.39, 0.29) is 13.0 Å². The summed E-state index contributed by atoms with van der Waals surface area (Å²) < 4.78 is 4.88. The number of hydrogen-bond donors (Lipinski definition) is 4. The summed E-state index contributed by atoms with van der Waals surface area (Å²) in [6, 6.07) is 0. The molecule has 0 aromatic rings. The first-order valence-corrected chi connectivity index (χ1v) is 6.78. The monoisotopic (exact) mass is 328 g/mol. The van der Waals surface area contributed by atoms with Crippen molar-refractivity contribution in [3.05, 3.63) is 23.8 Å². The molecular formula is C13H20N4O6. The fraction of sp³-hybridized carbons (Fsp3) is 0.462. The van der Waals surface area contributed by atoms with Gasteiger partial charge in [0.1, 0.15) is 18.9 Å². The van der Waals surface area contributed by atoms with Gasteiger partial charge in [-0.25, -0.2) is 16.6 Å². The lowest BCUT2D eigenvalue weighted by atomic mass is 9.96. The molecule has 23 heavy (non-hydrogen) atoms. The van der Waals surface area contributed by atoms with E-state index in [2.05, 4.69) is 20.3 Å². The van der Waals surface area contributed by atoms with Crippen molar-refractivity contribution in [1.82, 2.24) is 10.6 Å². The van der Waals surface area contributed by atoms with Gasteiger partial charge in [-0.3, -0.25) is 19.3 Å². The van der Waals surface area contributed by atoms with Crippen LogP contribution in [-0.2, 0) is 28.8 Å². The molecule has 10 heteroatoms. The van der Waals surface area contributed by atoms with Crippen molar-refractivity contribution in [3.63, 3.8) is 0 Å². The first-order valence-electron chi connectivity index (χ1n) is 6.78. The van der Waals surface area contributed by atoms with Crippen LogP contribution in [0, 0.1) is 0 Å². The van der Waals surface area contributed by atoms with Gasteiger partial charge in [0.15, 0.2) is 0 Å². The van der Waals surface area contributed by atoms with E-state index >= 15 is 0 Å². The summed E-state index contributed by atoms with van der Waals surface area (Å²) >= 11 is 0. The van der Waals surface area contributed by atoms with E-state index in [4.69, 9.17) is 16.5 Å². The van der Waals surface area contributed by atoms with Gasteiger partial charge in [-0.1, -0.05) is 6.08 Å². The fourth-order valence-electron chi connectivity index (χ4n) is 1.94. The van der Waals surface area contributed by atoms with E-state index in [0.29, 0.717) is 5.57 Å². The minimum absolute atomic E-state index is 0.115. The molecule has 0 atom stereocenters. The zero-order valence-electron chi connectivity index (χ0n) is 12.7. The van der Waals surface area contributed by atoms with Crippen molar-refractivity contribution in [2.75, 3.05) is 19.8 Å². The van der Waals surface area contributed by atoms with Gasteiger partial charge in [0, 0.05) is 6.42 Å². The van der Waals surface area contributed by atoms with E-state index in [0.717, 1.165) is 0 Å². The number of hydrogen-bond acceptors (Lipinski definition) is 8. The summed E-state index contributed by atoms with van der Waals surface area (Å²) in [6.45, 7) is 1.14. The lowest BCUT2D eigenvalue weighted by Gasteiger charge is -2.34. The number of nitrogens with one attached hydrogen (secondary N) is 2. The Kier molecular flexibility index (Phi) is 7.35. The first kappa shape index (κ1) is 18.8. The zero-order chi connectivity index (χ0) is 17.3. The largest absolute Gasteiger partial charge is 0.462 e. The SMILES string of the molecule is CCOC(=O)C1=CCC(NC(=O)CON)(NC(=O)CON)C=C1. The molecule has 128 valence electrons. The maximum atomic E-state index is 11.7. The second kappa shape index (κ2) is 9.00. The molecule has 1 aliphatic carbocycles. The standard InChI is InChI=1S/C13H20N4O6/c1-2-21-12(20)9-3-5-13(6-4-9,16-10(18)7-22-14)17-11(19)8-23-15/h3-5H,2,6-8,14-15H2,1H3,(H,16,18)(H,17,19). The lowest BCUT2D eigenvalue weighted by Crippen LogP contribution is -2.61. The fourth-order valence-corrected chi connectivity index (χ4v) is 1.94. The summed E-state index contributed by atoms with van der Waals surface area (Å²) in [4.78, 5) is 43.6. The number of ether oxygens (including phenoxy) is 1. The number of rotatable bonds is 8. The third kappa shape index (κ3) is 5.79. The van der Waals surface area contributed by atoms with E-state index in [9.17, 15) is 14.4 Å². The molecule has 0 bridgehead atoms. The maximum Gasteiger partial charge on any atom is 0.337 e. The van der Waals surface area contributed by atoms with Crippen LogP contribution in [0.4, 0.5) is 0 Å². The van der Waals surface area contributed by atoms with E-state index in [1.165, 1.54) is 18.2 Å². The molecule has 0 radical (unpaired) electrons. The molecule has 6 N–H and O–H groups in total. The molecule has 2 amide bonds. The van der Waals surface area contributed by atoms with Gasteiger partial charge in [0.2, 0.25) is 11.8 Å². The van der Waals surface area contributed by atoms with Gasteiger partial charge in [-0.05, 0) is 19.1 Å². The van der Waals surface area contributed by atoms with Gasteiger partial charge < -0.3 is 15.4 Å². The van der Waals surface area contributed by atoms with Crippen molar-refractivity contribution >= 4 is 17.8 Å². The molecule has 0 spiro atoms. The van der Waals surface area contributed by atoms with Crippen molar-refractivity contribution in [3.8, 4) is 0 Å². The summed E-state index contributed by atoms with van der Waals surface area (Å²) in [6.07, 6.45) is 4.55. The number of esters is 1. The molecule has 0 saturated heterocycles. The smallest absolute Gasteiger partial charge is 0.337 e. The van der Waals surface area contributed by atoms with E-state index in [1.807, 2.05) is 0 Å². The van der Waals surface area contributed by atoms with Crippen LogP contribution < -0.4 is 22.4 Å². The Hall–Kier alpha value is -2.27. The number of carbonyl (C=O) groups is 3. The van der Waals surface area contributed by atoms with Gasteiger partial charge in [-0.15, -0.1) is 0 Å². The lowest BCUT2D eigenvalue weighted by molar-refractivity contribution is -0.138. The quantitative estimate of drug-likeness (QED) is 0.230. The molecule has 0 saturated carbocycles. The van der Waals surface area contributed by atoms with Crippen LogP contribution in [-0.4, -0.2) is 43.3 Å². The molecule has 1 rings (SSSR count). The van der Waals surface area contributed by atoms with E-state index in [1.54, 1.807) is 6.92 Å². The molecule has 0 aromatic carbocycles. The van der Waals surface area contributed by atoms with Crippen LogP contribution in [0.3, 0.4) is 0 Å². The third-order valence-corrected chi connectivity index (χ3v) is 2.86. The minimum atomic E-state index is -1.25. The average molecular weight is 328 g/mol. The van der Waals surface area contributed by atoms with Gasteiger partial charge >= 0.3 is 5.97 Å². The average Bonchev–Trinajstić information content (AvgIpc) is 2.48. The Morgan fingerprint density at radius 3 is 2.13 bits per heavy atom. The predicted molar refractivity (Wildman–Crippen MR) is 77.8 cm³/mol. The Morgan fingerprint density at radius 1 is 1.17 bits per heavy atom.